The molecule has 10 heteroatoms. The summed E-state index contributed by atoms with van der Waals surface area (Å²) < 4.78 is 59.8. The van der Waals surface area contributed by atoms with Crippen molar-refractivity contribution in [3.63, 3.8) is 0 Å². The van der Waals surface area contributed by atoms with Crippen LogP contribution in [0.4, 0.5) is 0 Å². The molecule has 1 aliphatic rings. The van der Waals surface area contributed by atoms with E-state index < -0.39 is 34.0 Å². The predicted octanol–water partition coefficient (Wildman–Crippen LogP) is -1.53. The minimum atomic E-state index is -4.03. The highest BCUT2D eigenvalue weighted by Crippen LogP contribution is 2.18. The maximum atomic E-state index is 10.7. The van der Waals surface area contributed by atoms with Gasteiger partial charge in [0.2, 0.25) is 0 Å². The summed E-state index contributed by atoms with van der Waals surface area (Å²) in [6.45, 7) is -0.426. The number of ether oxygens (including phenoxy) is 1. The quantitative estimate of drug-likeness (QED) is 0.548. The van der Waals surface area contributed by atoms with Crippen LogP contribution in [0, 0.1) is 0 Å². The Labute approximate surface area is 89.3 Å². The first-order valence-electron chi connectivity index (χ1n) is 3.77. The molecule has 90 valence electrons. The fraction of sp³-hybridized carbons (Fsp3) is 1.00. The van der Waals surface area contributed by atoms with Crippen LogP contribution in [0.3, 0.4) is 0 Å². The van der Waals surface area contributed by atoms with Crippen molar-refractivity contribution >= 4 is 21.8 Å². The van der Waals surface area contributed by atoms with Crippen molar-refractivity contribution in [3.05, 3.63) is 0 Å². The van der Waals surface area contributed by atoms with Crippen molar-refractivity contribution < 1.29 is 34.5 Å². The van der Waals surface area contributed by atoms with Gasteiger partial charge in [0.15, 0.2) is 0 Å². The van der Waals surface area contributed by atoms with Crippen LogP contribution in [0.25, 0.3) is 0 Å². The molecule has 0 N–H and O–H groups in total. The summed E-state index contributed by atoms with van der Waals surface area (Å²) in [5, 5.41) is 0. The molecule has 0 aromatic rings. The Morgan fingerprint density at radius 2 is 2.33 bits per heavy atom. The first-order chi connectivity index (χ1) is 6.94. The molecule has 3 atom stereocenters. The topological polar surface area (TPSA) is 111 Å². The van der Waals surface area contributed by atoms with Gasteiger partial charge in [-0.2, -0.15) is 8.42 Å². The normalized spacial score (nSPS) is 28.8. The van der Waals surface area contributed by atoms with Crippen molar-refractivity contribution in [3.8, 4) is 0 Å². The number of hydrogen-bond acceptors (Lipinski definition) is 8. The lowest BCUT2D eigenvalue weighted by atomic mass is 10.2. The highest BCUT2D eigenvalue weighted by molar-refractivity contribution is 7.82. The van der Waals surface area contributed by atoms with Gasteiger partial charge in [0.05, 0.1) is 24.6 Å². The van der Waals surface area contributed by atoms with E-state index in [0.29, 0.717) is 0 Å². The zero-order chi connectivity index (χ0) is 11.5. The lowest BCUT2D eigenvalue weighted by molar-refractivity contribution is 0.0125. The Morgan fingerprint density at radius 1 is 1.67 bits per heavy atom. The largest absolute Gasteiger partial charge is 0.750 e. The van der Waals surface area contributed by atoms with E-state index in [2.05, 4.69) is 17.3 Å². The van der Waals surface area contributed by atoms with Crippen LogP contribution >= 0.6 is 0 Å². The molecular formula is C5H9O8S2-. The van der Waals surface area contributed by atoms with E-state index in [-0.39, 0.29) is 13.2 Å². The molecule has 0 spiro atoms. The molecule has 0 aliphatic carbocycles. The first kappa shape index (κ1) is 13.0. The van der Waals surface area contributed by atoms with Gasteiger partial charge in [-0.3, -0.25) is 4.18 Å². The van der Waals surface area contributed by atoms with Gasteiger partial charge in [0.25, 0.3) is 0 Å². The Kier molecular flexibility index (Phi) is 4.58. The van der Waals surface area contributed by atoms with E-state index in [0.717, 1.165) is 0 Å². The smallest absolute Gasteiger partial charge is 0.400 e. The maximum Gasteiger partial charge on any atom is 0.400 e. The van der Waals surface area contributed by atoms with E-state index in [1.54, 1.807) is 0 Å². The van der Waals surface area contributed by atoms with E-state index >= 15 is 0 Å². The van der Waals surface area contributed by atoms with Gasteiger partial charge in [-0.1, -0.05) is 0 Å². The molecule has 1 heterocycles. The summed E-state index contributed by atoms with van der Waals surface area (Å²) >= 11 is -2.78. The van der Waals surface area contributed by atoms with Gasteiger partial charge in [-0.15, -0.1) is 0 Å². The summed E-state index contributed by atoms with van der Waals surface area (Å²) in [6, 6.07) is 0. The lowest BCUT2D eigenvalue weighted by Gasteiger charge is -2.20. The van der Waals surface area contributed by atoms with Gasteiger partial charge in [0, 0.05) is 7.11 Å². The molecule has 0 bridgehead atoms. The molecule has 1 rings (SSSR count). The summed E-state index contributed by atoms with van der Waals surface area (Å²) in [7, 11) is -2.72. The Hall–Kier alpha value is -0.100. The van der Waals surface area contributed by atoms with Gasteiger partial charge in [-0.25, -0.2) is 12.6 Å². The summed E-state index contributed by atoms with van der Waals surface area (Å²) in [4.78, 5) is 0. The predicted molar refractivity (Wildman–Crippen MR) is 45.4 cm³/mol. The zero-order valence-corrected chi connectivity index (χ0v) is 9.28. The van der Waals surface area contributed by atoms with Crippen LogP contribution in [0.2, 0.25) is 0 Å². The molecule has 0 radical (unpaired) electrons. The van der Waals surface area contributed by atoms with E-state index in [4.69, 9.17) is 0 Å². The summed E-state index contributed by atoms with van der Waals surface area (Å²) in [6.07, 6.45) is -2.07. The molecule has 1 aliphatic heterocycles. The van der Waals surface area contributed by atoms with Crippen LogP contribution in [0.1, 0.15) is 0 Å². The molecule has 8 nitrogen and oxygen atoms in total. The summed E-state index contributed by atoms with van der Waals surface area (Å²) in [5.41, 5.74) is 0. The van der Waals surface area contributed by atoms with Crippen molar-refractivity contribution in [1.29, 1.82) is 0 Å². The van der Waals surface area contributed by atoms with Crippen molar-refractivity contribution in [2.24, 2.45) is 0 Å². The molecule has 0 aromatic carbocycles. The Morgan fingerprint density at radius 3 is 2.73 bits per heavy atom. The van der Waals surface area contributed by atoms with Gasteiger partial charge in [0.1, 0.15) is 12.2 Å². The van der Waals surface area contributed by atoms with Crippen molar-refractivity contribution in [2.75, 3.05) is 20.3 Å². The first-order valence-corrected chi connectivity index (χ1v) is 6.11. The number of methoxy groups -OCH3 is 1. The minimum Gasteiger partial charge on any atom is -0.750 e. The molecular weight excluding hydrogens is 252 g/mol. The molecule has 1 fully saturated rings. The highest BCUT2D eigenvalue weighted by atomic mass is 32.3. The third-order valence-electron chi connectivity index (χ3n) is 1.57. The zero-order valence-electron chi connectivity index (χ0n) is 7.65. The van der Waals surface area contributed by atoms with E-state index in [9.17, 15) is 17.2 Å². The fourth-order valence-corrected chi connectivity index (χ4v) is 2.21. The molecule has 0 aromatic heterocycles. The maximum absolute atomic E-state index is 10.7. The lowest BCUT2D eigenvalue weighted by Crippen LogP contribution is -2.35. The van der Waals surface area contributed by atoms with Crippen molar-refractivity contribution in [2.45, 2.75) is 12.2 Å². The average molecular weight is 261 g/mol. The minimum absolute atomic E-state index is 0.127. The van der Waals surface area contributed by atoms with Crippen LogP contribution in [0.5, 0.6) is 0 Å². The standard InChI is InChI=1S/C5H10O8S2/c1-10-2-4(12-14(6)7)5-3-11-15(8,9)13-5/h4-5H,2-3H2,1H3,(H,6,7)/p-1. The van der Waals surface area contributed by atoms with Crippen molar-refractivity contribution in [1.82, 2.24) is 0 Å². The molecule has 0 saturated carbocycles. The second-order valence-electron chi connectivity index (χ2n) is 2.62. The summed E-state index contributed by atoms with van der Waals surface area (Å²) in [5.74, 6) is 0. The number of rotatable bonds is 5. The molecule has 3 unspecified atom stereocenters. The fourth-order valence-electron chi connectivity index (χ4n) is 0.989. The van der Waals surface area contributed by atoms with Crippen LogP contribution in [0.15, 0.2) is 0 Å². The molecule has 15 heavy (non-hydrogen) atoms. The molecule has 0 amide bonds. The van der Waals surface area contributed by atoms with Gasteiger partial charge >= 0.3 is 10.4 Å². The van der Waals surface area contributed by atoms with Crippen LogP contribution < -0.4 is 0 Å². The molecule has 1 saturated heterocycles. The van der Waals surface area contributed by atoms with Gasteiger partial charge in [-0.05, 0) is 0 Å². The average Bonchev–Trinajstić information content (AvgIpc) is 2.44. The van der Waals surface area contributed by atoms with E-state index in [1.807, 2.05) is 0 Å². The monoisotopic (exact) mass is 261 g/mol. The number of hydrogen-bond donors (Lipinski definition) is 0. The highest BCUT2D eigenvalue weighted by Gasteiger charge is 2.37. The third kappa shape index (κ3) is 4.10. The van der Waals surface area contributed by atoms with Crippen LogP contribution in [-0.4, -0.2) is 49.7 Å². The SMILES string of the molecule is COCC(OS(=O)[O-])C1COS(=O)(=O)O1. The second kappa shape index (κ2) is 5.30. The van der Waals surface area contributed by atoms with E-state index in [1.165, 1.54) is 7.11 Å². The Balaban J connectivity index is 2.61. The van der Waals surface area contributed by atoms with Crippen LogP contribution in [-0.2, 0) is 39.0 Å². The van der Waals surface area contributed by atoms with Gasteiger partial charge < -0.3 is 9.29 Å². The Bertz CT molecular complexity index is 324. The third-order valence-corrected chi connectivity index (χ3v) is 2.88. The second-order valence-corrected chi connectivity index (χ2v) is 4.47.